The van der Waals surface area contributed by atoms with E-state index in [-0.39, 0.29) is 16.3 Å². The molecule has 1 heterocycles. The number of carbonyl (C=O) groups excluding carboxylic acids is 2. The van der Waals surface area contributed by atoms with Crippen molar-refractivity contribution < 1.29 is 46.9 Å². The second kappa shape index (κ2) is 8.33. The van der Waals surface area contributed by atoms with E-state index in [1.54, 1.807) is 0 Å². The number of alkyl halides is 3. The molecule has 0 unspecified atom stereocenters. The van der Waals surface area contributed by atoms with Gasteiger partial charge in [-0.2, -0.15) is 13.2 Å². The van der Waals surface area contributed by atoms with Crippen molar-refractivity contribution in [3.63, 3.8) is 0 Å². The van der Waals surface area contributed by atoms with Crippen molar-refractivity contribution in [2.75, 3.05) is 13.4 Å². The SMILES string of the molecule is Cc1cc(Cl)cc2c1O[C@H](C(F)(F)F)C(C(=O)OCOC(=O)CO[N+](=O)[O-])=C2. The van der Waals surface area contributed by atoms with Crippen LogP contribution in [0.1, 0.15) is 11.1 Å². The Bertz CT molecular complexity index is 839. The molecule has 0 spiro atoms. The van der Waals surface area contributed by atoms with Crippen LogP contribution in [0.4, 0.5) is 13.2 Å². The molecule has 0 aliphatic carbocycles. The number of carbonyl (C=O) groups is 2. The van der Waals surface area contributed by atoms with Gasteiger partial charge in [0.25, 0.3) is 5.09 Å². The minimum Gasteiger partial charge on any atom is -0.475 e. The van der Waals surface area contributed by atoms with Gasteiger partial charge in [0.1, 0.15) is 5.75 Å². The molecule has 0 radical (unpaired) electrons. The Morgan fingerprint density at radius 3 is 2.61 bits per heavy atom. The fourth-order valence-electron chi connectivity index (χ4n) is 2.24. The van der Waals surface area contributed by atoms with Crippen molar-refractivity contribution in [3.8, 4) is 5.75 Å². The molecule has 0 aromatic heterocycles. The molecule has 28 heavy (non-hydrogen) atoms. The number of ether oxygens (including phenoxy) is 3. The Morgan fingerprint density at radius 1 is 1.32 bits per heavy atom. The van der Waals surface area contributed by atoms with E-state index in [2.05, 4.69) is 14.3 Å². The van der Waals surface area contributed by atoms with Gasteiger partial charge in [0.05, 0.1) is 5.57 Å². The van der Waals surface area contributed by atoms with Crippen LogP contribution in [0.15, 0.2) is 17.7 Å². The first-order valence-electron chi connectivity index (χ1n) is 7.34. The number of rotatable bonds is 6. The third kappa shape index (κ3) is 5.25. The largest absolute Gasteiger partial charge is 0.475 e. The van der Waals surface area contributed by atoms with Crippen LogP contribution in [0.2, 0.25) is 5.02 Å². The summed E-state index contributed by atoms with van der Waals surface area (Å²) in [5.74, 6) is -2.82. The summed E-state index contributed by atoms with van der Waals surface area (Å²) in [6.07, 6.45) is -6.64. The van der Waals surface area contributed by atoms with E-state index < -0.39 is 48.3 Å². The molecule has 1 aliphatic rings. The maximum Gasteiger partial charge on any atom is 0.430 e. The summed E-state index contributed by atoms with van der Waals surface area (Å²) in [4.78, 5) is 36.8. The molecule has 1 aromatic carbocycles. The summed E-state index contributed by atoms with van der Waals surface area (Å²) in [5.41, 5.74) is -0.423. The van der Waals surface area contributed by atoms with Gasteiger partial charge in [-0.05, 0) is 30.7 Å². The molecule has 0 saturated heterocycles. The molecule has 2 rings (SSSR count). The Kier molecular flexibility index (Phi) is 6.33. The fourth-order valence-corrected chi connectivity index (χ4v) is 2.52. The molecular weight excluding hydrogens is 415 g/mol. The van der Waals surface area contributed by atoms with Crippen LogP contribution in [-0.2, 0) is 23.9 Å². The second-order valence-corrected chi connectivity index (χ2v) is 5.78. The maximum absolute atomic E-state index is 13.3. The van der Waals surface area contributed by atoms with Crippen LogP contribution in [0.5, 0.6) is 5.75 Å². The van der Waals surface area contributed by atoms with Crippen molar-refractivity contribution in [1.82, 2.24) is 0 Å². The molecule has 0 N–H and O–H groups in total. The molecule has 0 saturated carbocycles. The van der Waals surface area contributed by atoms with Gasteiger partial charge in [0.15, 0.2) is 6.61 Å². The van der Waals surface area contributed by atoms with Crippen molar-refractivity contribution in [2.24, 2.45) is 0 Å². The molecule has 0 fully saturated rings. The first kappa shape index (κ1) is 21.3. The highest BCUT2D eigenvalue weighted by Crippen LogP contribution is 2.40. The van der Waals surface area contributed by atoms with E-state index in [0.717, 1.165) is 6.08 Å². The van der Waals surface area contributed by atoms with E-state index in [1.807, 2.05) is 0 Å². The van der Waals surface area contributed by atoms with Crippen molar-refractivity contribution in [3.05, 3.63) is 44.0 Å². The van der Waals surface area contributed by atoms with Gasteiger partial charge < -0.3 is 19.0 Å². The fraction of sp³-hybridized carbons (Fsp3) is 0.333. The number of halogens is 4. The monoisotopic (exact) mass is 425 g/mol. The lowest BCUT2D eigenvalue weighted by molar-refractivity contribution is -0.754. The molecule has 1 aliphatic heterocycles. The Labute approximate surface area is 159 Å². The zero-order valence-electron chi connectivity index (χ0n) is 13.9. The summed E-state index contributed by atoms with van der Waals surface area (Å²) >= 11 is 5.87. The summed E-state index contributed by atoms with van der Waals surface area (Å²) < 4.78 is 53.7. The highest BCUT2D eigenvalue weighted by molar-refractivity contribution is 6.30. The number of esters is 2. The normalized spacial score (nSPS) is 15.6. The van der Waals surface area contributed by atoms with Gasteiger partial charge in [-0.1, -0.05) is 11.6 Å². The number of benzene rings is 1. The number of fused-ring (bicyclic) bond motifs is 1. The topological polar surface area (TPSA) is 114 Å². The third-order valence-electron chi connectivity index (χ3n) is 3.33. The molecule has 1 atom stereocenters. The smallest absolute Gasteiger partial charge is 0.430 e. The van der Waals surface area contributed by atoms with Gasteiger partial charge >= 0.3 is 18.1 Å². The molecule has 0 amide bonds. The molecule has 1 aromatic rings. The third-order valence-corrected chi connectivity index (χ3v) is 3.55. The van der Waals surface area contributed by atoms with Gasteiger partial charge in [-0.3, -0.25) is 0 Å². The highest BCUT2D eigenvalue weighted by Gasteiger charge is 2.49. The van der Waals surface area contributed by atoms with Crippen LogP contribution in [-0.4, -0.2) is 42.7 Å². The predicted molar refractivity (Wildman–Crippen MR) is 84.6 cm³/mol. The number of aryl methyl sites for hydroxylation is 1. The van der Waals surface area contributed by atoms with Crippen LogP contribution >= 0.6 is 11.6 Å². The molecule has 13 heteroatoms. The summed E-state index contributed by atoms with van der Waals surface area (Å²) in [7, 11) is 0. The highest BCUT2D eigenvalue weighted by atomic mass is 35.5. The molecule has 0 bridgehead atoms. The number of hydrogen-bond acceptors (Lipinski definition) is 8. The lowest BCUT2D eigenvalue weighted by Gasteiger charge is -2.28. The molecule has 152 valence electrons. The van der Waals surface area contributed by atoms with Crippen LogP contribution in [0.3, 0.4) is 0 Å². The van der Waals surface area contributed by atoms with Gasteiger partial charge in [-0.15, -0.1) is 10.1 Å². The minimum absolute atomic E-state index is 0.0911. The standard InChI is InChI=1S/C15H11ClF3NO8/c1-7-2-9(16)3-8-4-10(13(15(17,18)19)28-12(7)8)14(22)26-6-25-11(21)5-27-20(23)24/h2-4,13H,5-6H2,1H3/t13-/m0/s1. The van der Waals surface area contributed by atoms with Crippen LogP contribution in [0.25, 0.3) is 6.08 Å². The predicted octanol–water partition coefficient (Wildman–Crippen LogP) is 2.61. The zero-order chi connectivity index (χ0) is 21.1. The minimum atomic E-state index is -4.94. The van der Waals surface area contributed by atoms with Gasteiger partial charge in [0, 0.05) is 10.6 Å². The van der Waals surface area contributed by atoms with Crippen molar-refractivity contribution in [2.45, 2.75) is 19.2 Å². The van der Waals surface area contributed by atoms with E-state index in [4.69, 9.17) is 16.3 Å². The first-order valence-corrected chi connectivity index (χ1v) is 7.72. The Balaban J connectivity index is 2.15. The number of nitrogens with zero attached hydrogens (tertiary/aromatic N) is 1. The summed E-state index contributed by atoms with van der Waals surface area (Å²) in [6.45, 7) is -0.670. The number of hydrogen-bond donors (Lipinski definition) is 0. The molecule has 9 nitrogen and oxygen atoms in total. The molecular formula is C15H11ClF3NO8. The lowest BCUT2D eigenvalue weighted by Crippen LogP contribution is -2.41. The summed E-state index contributed by atoms with van der Waals surface area (Å²) in [6, 6.07) is 2.70. The van der Waals surface area contributed by atoms with Crippen molar-refractivity contribution >= 4 is 29.6 Å². The quantitative estimate of drug-likeness (QED) is 0.296. The van der Waals surface area contributed by atoms with Crippen LogP contribution in [0, 0.1) is 17.0 Å². The Hall–Kier alpha value is -3.02. The first-order chi connectivity index (χ1) is 13.0. The van der Waals surface area contributed by atoms with Crippen LogP contribution < -0.4 is 4.74 Å². The average Bonchev–Trinajstić information content (AvgIpc) is 2.57. The zero-order valence-corrected chi connectivity index (χ0v) is 14.7. The summed E-state index contributed by atoms with van der Waals surface area (Å²) in [5, 5.41) is 8.89. The van der Waals surface area contributed by atoms with Gasteiger partial charge in [0.2, 0.25) is 12.9 Å². The van der Waals surface area contributed by atoms with Gasteiger partial charge in [-0.25, -0.2) is 9.59 Å². The van der Waals surface area contributed by atoms with E-state index in [9.17, 15) is 32.9 Å². The lowest BCUT2D eigenvalue weighted by atomic mass is 9.99. The van der Waals surface area contributed by atoms with E-state index >= 15 is 0 Å². The average molecular weight is 426 g/mol. The Morgan fingerprint density at radius 2 is 2.00 bits per heavy atom. The van der Waals surface area contributed by atoms with E-state index in [0.29, 0.717) is 5.56 Å². The maximum atomic E-state index is 13.3. The second-order valence-electron chi connectivity index (χ2n) is 5.34. The van der Waals surface area contributed by atoms with Crippen molar-refractivity contribution in [1.29, 1.82) is 0 Å². The van der Waals surface area contributed by atoms with E-state index in [1.165, 1.54) is 19.1 Å².